The summed E-state index contributed by atoms with van der Waals surface area (Å²) in [6.45, 7) is 5.15. The fraction of sp³-hybridized carbons (Fsp3) is 0.158. The third-order valence-corrected chi connectivity index (χ3v) is 3.77. The Balaban J connectivity index is 1.91. The Morgan fingerprint density at radius 3 is 2.85 bits per heavy atom. The van der Waals surface area contributed by atoms with Crippen LogP contribution in [-0.4, -0.2) is 32.2 Å². The molecular weight excluding hydrogens is 332 g/mol. The lowest BCUT2D eigenvalue weighted by atomic mass is 10.1. The fourth-order valence-corrected chi connectivity index (χ4v) is 2.57. The minimum absolute atomic E-state index is 0.0188. The van der Waals surface area contributed by atoms with Crippen LogP contribution in [0, 0.1) is 11.3 Å². The molecule has 0 aliphatic carbocycles. The predicted octanol–water partition coefficient (Wildman–Crippen LogP) is 2.66. The van der Waals surface area contributed by atoms with E-state index in [1.165, 1.54) is 4.80 Å². The van der Waals surface area contributed by atoms with Crippen LogP contribution in [0.2, 0.25) is 0 Å². The molecule has 130 valence electrons. The summed E-state index contributed by atoms with van der Waals surface area (Å²) in [5, 5.41) is 27.8. The normalized spacial score (nSPS) is 11.7. The third-order valence-electron chi connectivity index (χ3n) is 3.77. The van der Waals surface area contributed by atoms with Gasteiger partial charge in [0.1, 0.15) is 28.6 Å². The van der Waals surface area contributed by atoms with Gasteiger partial charge in [-0.3, -0.25) is 0 Å². The molecule has 1 unspecified atom stereocenters. The van der Waals surface area contributed by atoms with Gasteiger partial charge in [-0.05, 0) is 42.8 Å². The monoisotopic (exact) mass is 348 g/mol. The number of rotatable bonds is 5. The summed E-state index contributed by atoms with van der Waals surface area (Å²) in [4.78, 5) is 12.6. The van der Waals surface area contributed by atoms with Crippen molar-refractivity contribution in [3.63, 3.8) is 0 Å². The van der Waals surface area contributed by atoms with Gasteiger partial charge in [0, 0.05) is 12.5 Å². The van der Waals surface area contributed by atoms with E-state index in [1.54, 1.807) is 43.3 Å². The highest BCUT2D eigenvalue weighted by molar-refractivity contribution is 5.81. The van der Waals surface area contributed by atoms with Crippen molar-refractivity contribution in [2.75, 3.05) is 0 Å². The second-order valence-corrected chi connectivity index (χ2v) is 5.78. The second kappa shape index (κ2) is 7.07. The first-order chi connectivity index (χ1) is 12.5. The van der Waals surface area contributed by atoms with Crippen LogP contribution in [0.15, 0.2) is 49.1 Å². The number of aromatic hydroxyl groups is 1. The predicted molar refractivity (Wildman–Crippen MR) is 94.7 cm³/mol. The van der Waals surface area contributed by atoms with Crippen LogP contribution in [0.25, 0.3) is 16.7 Å². The molecule has 0 aliphatic heterocycles. The SMILES string of the molecule is C=CC(=O)OC(C)Cc1ccc(O)c(-n2nc3ccc(C#N)cc3n2)c1. The van der Waals surface area contributed by atoms with Gasteiger partial charge in [-0.2, -0.15) is 5.26 Å². The zero-order valence-electron chi connectivity index (χ0n) is 14.1. The Hall–Kier alpha value is -3.66. The molecule has 3 rings (SSSR count). The summed E-state index contributed by atoms with van der Waals surface area (Å²) < 4.78 is 5.16. The standard InChI is InChI=1S/C19H16N4O3/c1-3-19(25)26-12(2)8-13-5-7-18(24)17(10-13)23-21-15-6-4-14(11-20)9-16(15)22-23/h3-7,9-10,12,24H,1,8H2,2H3. The van der Waals surface area contributed by atoms with Crippen LogP contribution in [0.1, 0.15) is 18.1 Å². The summed E-state index contributed by atoms with van der Waals surface area (Å²) in [5.74, 6) is -0.463. The molecular formula is C19H16N4O3. The number of hydrogen-bond acceptors (Lipinski definition) is 6. The fourth-order valence-electron chi connectivity index (χ4n) is 2.57. The van der Waals surface area contributed by atoms with Gasteiger partial charge in [0.2, 0.25) is 0 Å². The van der Waals surface area contributed by atoms with E-state index in [0.29, 0.717) is 28.7 Å². The molecule has 2 aromatic carbocycles. The maximum atomic E-state index is 11.3. The van der Waals surface area contributed by atoms with Gasteiger partial charge >= 0.3 is 5.97 Å². The van der Waals surface area contributed by atoms with E-state index in [0.717, 1.165) is 11.6 Å². The van der Waals surface area contributed by atoms with Crippen molar-refractivity contribution in [1.29, 1.82) is 5.26 Å². The van der Waals surface area contributed by atoms with Gasteiger partial charge < -0.3 is 9.84 Å². The summed E-state index contributed by atoms with van der Waals surface area (Å²) in [6.07, 6.45) is 1.24. The van der Waals surface area contributed by atoms with E-state index < -0.39 is 5.97 Å². The molecule has 7 nitrogen and oxygen atoms in total. The molecule has 1 N–H and O–H groups in total. The Labute approximate surface area is 149 Å². The summed E-state index contributed by atoms with van der Waals surface area (Å²) in [5.41, 5.74) is 2.91. The number of phenolic OH excluding ortho intramolecular Hbond substituents is 1. The third kappa shape index (κ3) is 3.54. The average molecular weight is 348 g/mol. The van der Waals surface area contributed by atoms with Crippen molar-refractivity contribution < 1.29 is 14.6 Å². The van der Waals surface area contributed by atoms with Crippen molar-refractivity contribution in [3.05, 3.63) is 60.2 Å². The Kier molecular flexibility index (Phi) is 4.67. The van der Waals surface area contributed by atoms with Gasteiger partial charge in [0.15, 0.2) is 0 Å². The minimum atomic E-state index is -0.482. The number of esters is 1. The van der Waals surface area contributed by atoms with E-state index in [-0.39, 0.29) is 11.9 Å². The Morgan fingerprint density at radius 2 is 2.12 bits per heavy atom. The molecule has 26 heavy (non-hydrogen) atoms. The number of carbonyl (C=O) groups excluding carboxylic acids is 1. The summed E-state index contributed by atoms with van der Waals surface area (Å²) in [7, 11) is 0. The van der Waals surface area contributed by atoms with Crippen molar-refractivity contribution in [3.8, 4) is 17.5 Å². The van der Waals surface area contributed by atoms with Crippen molar-refractivity contribution in [2.24, 2.45) is 0 Å². The summed E-state index contributed by atoms with van der Waals surface area (Å²) >= 11 is 0. The van der Waals surface area contributed by atoms with Gasteiger partial charge in [-0.15, -0.1) is 15.0 Å². The largest absolute Gasteiger partial charge is 0.506 e. The van der Waals surface area contributed by atoms with E-state index in [4.69, 9.17) is 10.00 Å². The number of ether oxygens (including phenoxy) is 1. The number of phenols is 1. The van der Waals surface area contributed by atoms with E-state index in [2.05, 4.69) is 22.8 Å². The first-order valence-electron chi connectivity index (χ1n) is 7.92. The zero-order valence-corrected chi connectivity index (χ0v) is 14.1. The highest BCUT2D eigenvalue weighted by Crippen LogP contribution is 2.24. The topological polar surface area (TPSA) is 101 Å². The molecule has 1 heterocycles. The Bertz CT molecular complexity index is 1030. The summed E-state index contributed by atoms with van der Waals surface area (Å²) in [6, 6.07) is 12.1. The molecule has 0 saturated heterocycles. The number of nitriles is 1. The highest BCUT2D eigenvalue weighted by atomic mass is 16.5. The average Bonchev–Trinajstić information content (AvgIpc) is 3.05. The van der Waals surface area contributed by atoms with E-state index in [1.807, 2.05) is 0 Å². The van der Waals surface area contributed by atoms with Crippen LogP contribution >= 0.6 is 0 Å². The molecule has 0 bridgehead atoms. The number of fused-ring (bicyclic) bond motifs is 1. The van der Waals surface area contributed by atoms with Gasteiger partial charge in [0.25, 0.3) is 0 Å². The zero-order chi connectivity index (χ0) is 18.7. The highest BCUT2D eigenvalue weighted by Gasteiger charge is 2.13. The maximum absolute atomic E-state index is 11.3. The van der Waals surface area contributed by atoms with Crippen LogP contribution in [0.5, 0.6) is 5.75 Å². The molecule has 0 spiro atoms. The number of carbonyl (C=O) groups is 1. The van der Waals surface area contributed by atoms with Crippen LogP contribution < -0.4 is 0 Å². The quantitative estimate of drug-likeness (QED) is 0.562. The smallest absolute Gasteiger partial charge is 0.330 e. The number of hydrogen-bond donors (Lipinski definition) is 1. The minimum Gasteiger partial charge on any atom is -0.506 e. The Morgan fingerprint density at radius 1 is 1.35 bits per heavy atom. The van der Waals surface area contributed by atoms with Gasteiger partial charge in [-0.1, -0.05) is 12.6 Å². The van der Waals surface area contributed by atoms with Crippen molar-refractivity contribution in [1.82, 2.24) is 15.0 Å². The second-order valence-electron chi connectivity index (χ2n) is 5.78. The van der Waals surface area contributed by atoms with Crippen molar-refractivity contribution >= 4 is 17.0 Å². The molecule has 0 amide bonds. The molecule has 0 saturated carbocycles. The van der Waals surface area contributed by atoms with E-state index >= 15 is 0 Å². The maximum Gasteiger partial charge on any atom is 0.330 e. The molecule has 0 aliphatic rings. The lowest BCUT2D eigenvalue weighted by Gasteiger charge is -2.13. The van der Waals surface area contributed by atoms with Gasteiger partial charge in [0.05, 0.1) is 11.6 Å². The molecule has 1 aromatic heterocycles. The van der Waals surface area contributed by atoms with Gasteiger partial charge in [-0.25, -0.2) is 4.79 Å². The molecule has 0 radical (unpaired) electrons. The number of benzene rings is 2. The number of nitrogens with zero attached hydrogens (tertiary/aromatic N) is 4. The molecule has 0 fully saturated rings. The molecule has 7 heteroatoms. The first kappa shape index (κ1) is 17.2. The lowest BCUT2D eigenvalue weighted by molar-refractivity contribution is -0.142. The van der Waals surface area contributed by atoms with Crippen LogP contribution in [0.4, 0.5) is 0 Å². The van der Waals surface area contributed by atoms with Crippen LogP contribution in [-0.2, 0) is 16.0 Å². The lowest BCUT2D eigenvalue weighted by Crippen LogP contribution is -2.15. The van der Waals surface area contributed by atoms with Crippen molar-refractivity contribution in [2.45, 2.75) is 19.4 Å². The van der Waals surface area contributed by atoms with E-state index in [9.17, 15) is 9.90 Å². The molecule has 3 aromatic rings. The first-order valence-corrected chi connectivity index (χ1v) is 7.92. The van der Waals surface area contributed by atoms with Crippen LogP contribution in [0.3, 0.4) is 0 Å². The molecule has 1 atom stereocenters. The number of aromatic nitrogens is 3.